The molecule has 7 nitrogen and oxygen atoms in total. The number of nitrogens with zero attached hydrogens (tertiary/aromatic N) is 1. The van der Waals surface area contributed by atoms with Crippen molar-refractivity contribution in [3.8, 4) is 0 Å². The Balaban J connectivity index is 0.00000264. The van der Waals surface area contributed by atoms with E-state index in [4.69, 9.17) is 0 Å². The number of amides is 1. The first-order chi connectivity index (χ1) is 10.5. The van der Waals surface area contributed by atoms with Gasteiger partial charge in [-0.25, -0.2) is 4.68 Å². The van der Waals surface area contributed by atoms with Crippen LogP contribution in [0.15, 0.2) is 33.9 Å². The SMILES string of the molecule is CNC(C)CNC(=O)CCn1[nH]c(=O)c2ccccc2c1=O.Cl. The fourth-order valence-electron chi connectivity index (χ4n) is 2.07. The molecule has 0 saturated carbocycles. The van der Waals surface area contributed by atoms with Gasteiger partial charge in [-0.2, -0.15) is 0 Å². The van der Waals surface area contributed by atoms with E-state index in [1.54, 1.807) is 24.3 Å². The summed E-state index contributed by atoms with van der Waals surface area (Å²) in [7, 11) is 1.82. The van der Waals surface area contributed by atoms with Gasteiger partial charge < -0.3 is 10.6 Å². The smallest absolute Gasteiger partial charge is 0.273 e. The first kappa shape index (κ1) is 18.9. The number of fused-ring (bicyclic) bond motifs is 1. The molecule has 0 aliphatic carbocycles. The third-order valence-electron chi connectivity index (χ3n) is 3.54. The molecule has 2 aromatic rings. The summed E-state index contributed by atoms with van der Waals surface area (Å²) >= 11 is 0. The van der Waals surface area contributed by atoms with Gasteiger partial charge in [0.1, 0.15) is 0 Å². The van der Waals surface area contributed by atoms with Crippen molar-refractivity contribution in [1.29, 1.82) is 0 Å². The molecular weight excluding hydrogens is 320 g/mol. The molecule has 0 bridgehead atoms. The maximum atomic E-state index is 12.3. The number of hydrogen-bond donors (Lipinski definition) is 3. The molecule has 8 heteroatoms. The van der Waals surface area contributed by atoms with Crippen LogP contribution in [0.25, 0.3) is 10.8 Å². The topological polar surface area (TPSA) is 96.0 Å². The second-order valence-corrected chi connectivity index (χ2v) is 5.19. The molecule has 1 atom stereocenters. The first-order valence-corrected chi connectivity index (χ1v) is 7.18. The molecule has 0 spiro atoms. The summed E-state index contributed by atoms with van der Waals surface area (Å²) < 4.78 is 1.19. The maximum absolute atomic E-state index is 12.3. The zero-order valence-electron chi connectivity index (χ0n) is 13.1. The highest BCUT2D eigenvalue weighted by atomic mass is 35.5. The van der Waals surface area contributed by atoms with E-state index >= 15 is 0 Å². The molecular formula is C15H21ClN4O3. The molecule has 0 radical (unpaired) electrons. The van der Waals surface area contributed by atoms with Crippen LogP contribution in [0.5, 0.6) is 0 Å². The van der Waals surface area contributed by atoms with Crippen molar-refractivity contribution in [2.75, 3.05) is 13.6 Å². The van der Waals surface area contributed by atoms with Crippen LogP contribution in [0, 0.1) is 0 Å². The zero-order chi connectivity index (χ0) is 16.1. The van der Waals surface area contributed by atoms with Crippen molar-refractivity contribution in [2.45, 2.75) is 25.9 Å². The quantitative estimate of drug-likeness (QED) is 0.701. The lowest BCUT2D eigenvalue weighted by Gasteiger charge is -2.12. The van der Waals surface area contributed by atoms with Gasteiger partial charge in [0.05, 0.1) is 17.3 Å². The lowest BCUT2D eigenvalue weighted by Crippen LogP contribution is -2.38. The summed E-state index contributed by atoms with van der Waals surface area (Å²) in [5.74, 6) is -0.164. The molecule has 1 aromatic heterocycles. The summed E-state index contributed by atoms with van der Waals surface area (Å²) in [6.07, 6.45) is 0.130. The van der Waals surface area contributed by atoms with Crippen LogP contribution in [-0.2, 0) is 11.3 Å². The number of likely N-dealkylation sites (N-methyl/N-ethyl adjacent to an activating group) is 1. The van der Waals surface area contributed by atoms with Crippen molar-refractivity contribution >= 4 is 29.1 Å². The summed E-state index contributed by atoms with van der Waals surface area (Å²) in [5.41, 5.74) is -0.633. The third kappa shape index (κ3) is 4.67. The number of aryl methyl sites for hydroxylation is 1. The lowest BCUT2D eigenvalue weighted by atomic mass is 10.2. The highest BCUT2D eigenvalue weighted by molar-refractivity contribution is 5.85. The number of aromatic amines is 1. The van der Waals surface area contributed by atoms with Gasteiger partial charge in [-0.05, 0) is 26.1 Å². The molecule has 1 aromatic carbocycles. The predicted molar refractivity (Wildman–Crippen MR) is 92.2 cm³/mol. The molecule has 1 heterocycles. The summed E-state index contributed by atoms with van der Waals surface area (Å²) in [4.78, 5) is 35.9. The average Bonchev–Trinajstić information content (AvgIpc) is 2.54. The molecule has 0 saturated heterocycles. The van der Waals surface area contributed by atoms with Gasteiger partial charge in [-0.1, -0.05) is 12.1 Å². The number of halogens is 1. The van der Waals surface area contributed by atoms with Crippen LogP contribution in [0.2, 0.25) is 0 Å². The van der Waals surface area contributed by atoms with Crippen molar-refractivity contribution < 1.29 is 4.79 Å². The summed E-state index contributed by atoms with van der Waals surface area (Å²) in [5, 5.41) is 9.00. The van der Waals surface area contributed by atoms with E-state index in [0.29, 0.717) is 17.3 Å². The number of H-pyrrole nitrogens is 1. The second kappa shape index (κ2) is 8.50. The summed E-state index contributed by atoms with van der Waals surface area (Å²) in [6.45, 7) is 2.60. The predicted octanol–water partition coefficient (Wildman–Crippen LogP) is 0.226. The van der Waals surface area contributed by atoms with E-state index < -0.39 is 0 Å². The van der Waals surface area contributed by atoms with Crippen LogP contribution in [0.1, 0.15) is 13.3 Å². The largest absolute Gasteiger partial charge is 0.354 e. The number of rotatable bonds is 6. The van der Waals surface area contributed by atoms with Crippen LogP contribution in [0.4, 0.5) is 0 Å². The van der Waals surface area contributed by atoms with E-state index in [0.717, 1.165) is 0 Å². The standard InChI is InChI=1S/C15H20N4O3.ClH/c1-10(16-2)9-17-13(20)7-8-19-15(22)12-6-4-3-5-11(12)14(21)18-19;/h3-6,10,16H,7-9H2,1-2H3,(H,17,20)(H,18,21);1H. The first-order valence-electron chi connectivity index (χ1n) is 7.18. The Kier molecular flexibility index (Phi) is 6.99. The number of aromatic nitrogens is 2. The van der Waals surface area contributed by atoms with Gasteiger partial charge >= 0.3 is 0 Å². The number of carbonyl (C=O) groups is 1. The normalized spacial score (nSPS) is 11.7. The molecule has 126 valence electrons. The number of carbonyl (C=O) groups excluding carboxylic acids is 1. The van der Waals surface area contributed by atoms with Crippen molar-refractivity contribution in [3.63, 3.8) is 0 Å². The van der Waals surface area contributed by atoms with Gasteiger partial charge in [-0.3, -0.25) is 19.5 Å². The van der Waals surface area contributed by atoms with E-state index in [1.807, 2.05) is 14.0 Å². The Bertz CT molecular complexity index is 784. The fraction of sp³-hybridized carbons (Fsp3) is 0.400. The second-order valence-electron chi connectivity index (χ2n) is 5.19. The Morgan fingerprint density at radius 2 is 1.91 bits per heavy atom. The van der Waals surface area contributed by atoms with E-state index in [9.17, 15) is 14.4 Å². The fourth-order valence-corrected chi connectivity index (χ4v) is 2.07. The Morgan fingerprint density at radius 1 is 1.26 bits per heavy atom. The number of nitrogens with one attached hydrogen (secondary N) is 3. The Labute approximate surface area is 139 Å². The van der Waals surface area contributed by atoms with E-state index in [-0.39, 0.29) is 48.4 Å². The Morgan fingerprint density at radius 3 is 2.57 bits per heavy atom. The summed E-state index contributed by atoms with van der Waals surface area (Å²) in [6, 6.07) is 6.80. The molecule has 0 aliphatic rings. The molecule has 1 amide bonds. The highest BCUT2D eigenvalue weighted by Crippen LogP contribution is 2.02. The zero-order valence-corrected chi connectivity index (χ0v) is 13.9. The molecule has 3 N–H and O–H groups in total. The maximum Gasteiger partial charge on any atom is 0.273 e. The number of hydrogen-bond acceptors (Lipinski definition) is 4. The van der Waals surface area contributed by atoms with Crippen LogP contribution >= 0.6 is 12.4 Å². The van der Waals surface area contributed by atoms with Gasteiger partial charge in [0.15, 0.2) is 0 Å². The third-order valence-corrected chi connectivity index (χ3v) is 3.54. The molecule has 2 rings (SSSR count). The van der Waals surface area contributed by atoms with Gasteiger partial charge in [0, 0.05) is 19.0 Å². The van der Waals surface area contributed by atoms with Gasteiger partial charge in [-0.15, -0.1) is 12.4 Å². The van der Waals surface area contributed by atoms with Crippen LogP contribution in [-0.4, -0.2) is 35.3 Å². The molecule has 0 aliphatic heterocycles. The minimum absolute atomic E-state index is 0. The van der Waals surface area contributed by atoms with Crippen molar-refractivity contribution in [2.24, 2.45) is 0 Å². The van der Waals surface area contributed by atoms with Gasteiger partial charge in [0.2, 0.25) is 5.91 Å². The molecule has 1 unspecified atom stereocenters. The van der Waals surface area contributed by atoms with Crippen molar-refractivity contribution in [1.82, 2.24) is 20.4 Å². The Hall–Kier alpha value is -2.12. The highest BCUT2D eigenvalue weighted by Gasteiger charge is 2.09. The lowest BCUT2D eigenvalue weighted by molar-refractivity contribution is -0.121. The molecule has 23 heavy (non-hydrogen) atoms. The molecule has 0 fully saturated rings. The van der Waals surface area contributed by atoms with Crippen LogP contribution in [0.3, 0.4) is 0 Å². The minimum atomic E-state index is -0.334. The monoisotopic (exact) mass is 340 g/mol. The van der Waals surface area contributed by atoms with Crippen LogP contribution < -0.4 is 21.8 Å². The average molecular weight is 341 g/mol. The van der Waals surface area contributed by atoms with E-state index in [1.165, 1.54) is 4.68 Å². The van der Waals surface area contributed by atoms with Crippen molar-refractivity contribution in [3.05, 3.63) is 45.0 Å². The van der Waals surface area contributed by atoms with Gasteiger partial charge in [0.25, 0.3) is 11.1 Å². The van der Waals surface area contributed by atoms with E-state index in [2.05, 4.69) is 15.7 Å². The number of benzene rings is 1. The minimum Gasteiger partial charge on any atom is -0.354 e.